The monoisotopic (exact) mass is 167 g/mol. The first-order valence-corrected chi connectivity index (χ1v) is 4.65. The molecule has 0 aromatic heterocycles. The minimum absolute atomic E-state index is 0.943. The molecule has 0 bridgehead atoms. The quantitative estimate of drug-likeness (QED) is 0.363. The van der Waals surface area contributed by atoms with Crippen molar-refractivity contribution >= 4 is 21.0 Å². The second-order valence-electron chi connectivity index (χ2n) is 2.09. The Morgan fingerprint density at radius 3 is 2.33 bits per heavy atom. The largest absolute Gasteiger partial charge is 0.234 e. The fraction of sp³-hybridized carbons (Fsp3) is 1.00. The lowest BCUT2D eigenvalue weighted by Gasteiger charge is -1.96. The van der Waals surface area contributed by atoms with Gasteiger partial charge < -0.3 is 0 Å². The van der Waals surface area contributed by atoms with Crippen molar-refractivity contribution in [1.82, 2.24) is 4.84 Å². The summed E-state index contributed by atoms with van der Waals surface area (Å²) in [6.07, 6.45) is 6.39. The highest BCUT2D eigenvalue weighted by Gasteiger charge is 1.85. The number of hydrogen-bond donors (Lipinski definition) is 1. The second-order valence-corrected chi connectivity index (χ2v) is 2.93. The molecule has 0 aromatic carbocycles. The Labute approximate surface area is 64.9 Å². The van der Waals surface area contributed by atoms with Gasteiger partial charge in [-0.25, -0.2) is 4.84 Å². The molecule has 0 aromatic rings. The Balaban J connectivity index is 2.60. The smallest absolute Gasteiger partial charge is 0.0108 e. The minimum Gasteiger partial charge on any atom is -0.234 e. The molecule has 0 fully saturated rings. The fourth-order valence-electron chi connectivity index (χ4n) is 0.690. The first-order valence-electron chi connectivity index (χ1n) is 3.45. The van der Waals surface area contributed by atoms with Crippen molar-refractivity contribution in [3.05, 3.63) is 0 Å². The maximum Gasteiger partial charge on any atom is 0.0108 e. The summed E-state index contributed by atoms with van der Waals surface area (Å²) in [6.45, 7) is 0.943. The lowest BCUT2D eigenvalue weighted by Crippen LogP contribution is -1.99. The summed E-state index contributed by atoms with van der Waals surface area (Å²) in [7, 11) is 2.74. The van der Waals surface area contributed by atoms with Crippen LogP contribution in [0.2, 0.25) is 0 Å². The number of nitrogens with one attached hydrogen (secondary N) is 1. The fourth-order valence-corrected chi connectivity index (χ4v) is 1.11. The SMILES string of the molecule is PCCCCCCNCl. The molecule has 1 atom stereocenters. The van der Waals surface area contributed by atoms with E-state index in [1.807, 2.05) is 0 Å². The molecule has 1 N–H and O–H groups in total. The topological polar surface area (TPSA) is 12.0 Å². The number of unbranched alkanes of at least 4 members (excludes halogenated alkanes) is 3. The predicted octanol–water partition coefficient (Wildman–Crippen LogP) is 2.17. The molecule has 0 saturated heterocycles. The van der Waals surface area contributed by atoms with Gasteiger partial charge in [0, 0.05) is 6.54 Å². The molecule has 0 radical (unpaired) electrons. The summed E-state index contributed by atoms with van der Waals surface area (Å²) >= 11 is 5.26. The maximum atomic E-state index is 5.26. The van der Waals surface area contributed by atoms with E-state index in [-0.39, 0.29) is 0 Å². The van der Waals surface area contributed by atoms with Crippen LogP contribution in [0, 0.1) is 0 Å². The predicted molar refractivity (Wildman–Crippen MR) is 46.9 cm³/mol. The molecule has 0 rings (SSSR count). The maximum absolute atomic E-state index is 5.26. The highest BCUT2D eigenvalue weighted by molar-refractivity contribution is 7.16. The first-order chi connectivity index (χ1) is 4.41. The summed E-state index contributed by atoms with van der Waals surface area (Å²) in [6, 6.07) is 0. The number of hydrogen-bond acceptors (Lipinski definition) is 1. The van der Waals surface area contributed by atoms with Crippen molar-refractivity contribution in [3.8, 4) is 0 Å². The van der Waals surface area contributed by atoms with Gasteiger partial charge in [-0.15, -0.1) is 9.24 Å². The van der Waals surface area contributed by atoms with Crippen LogP contribution in [0.4, 0.5) is 0 Å². The van der Waals surface area contributed by atoms with Crippen molar-refractivity contribution in [3.63, 3.8) is 0 Å². The van der Waals surface area contributed by atoms with Crippen molar-refractivity contribution < 1.29 is 0 Å². The third-order valence-corrected chi connectivity index (χ3v) is 1.82. The van der Waals surface area contributed by atoms with Crippen LogP contribution in [0.25, 0.3) is 0 Å². The van der Waals surface area contributed by atoms with Gasteiger partial charge in [0.15, 0.2) is 0 Å². The molecule has 0 saturated carbocycles. The van der Waals surface area contributed by atoms with E-state index < -0.39 is 0 Å². The zero-order chi connectivity index (χ0) is 6.95. The average molecular weight is 168 g/mol. The third kappa shape index (κ3) is 8.68. The molecule has 3 heteroatoms. The summed E-state index contributed by atoms with van der Waals surface area (Å²) in [5.74, 6) is 0. The first kappa shape index (κ1) is 9.68. The van der Waals surface area contributed by atoms with E-state index in [2.05, 4.69) is 14.1 Å². The molecule has 1 unspecified atom stereocenters. The van der Waals surface area contributed by atoms with Crippen LogP contribution in [0.15, 0.2) is 0 Å². The molecule has 9 heavy (non-hydrogen) atoms. The van der Waals surface area contributed by atoms with E-state index in [1.54, 1.807) is 0 Å². The molecule has 0 heterocycles. The normalized spacial score (nSPS) is 10.0. The van der Waals surface area contributed by atoms with E-state index >= 15 is 0 Å². The van der Waals surface area contributed by atoms with Crippen molar-refractivity contribution in [2.45, 2.75) is 25.7 Å². The van der Waals surface area contributed by atoms with Gasteiger partial charge in [-0.1, -0.05) is 12.8 Å². The summed E-state index contributed by atoms with van der Waals surface area (Å²) in [5, 5.41) is 0. The highest BCUT2D eigenvalue weighted by Crippen LogP contribution is 2.00. The Kier molecular flexibility index (Phi) is 9.34. The van der Waals surface area contributed by atoms with Gasteiger partial charge in [-0.05, 0) is 30.8 Å². The summed E-state index contributed by atoms with van der Waals surface area (Å²) < 4.78 is 0. The van der Waals surface area contributed by atoms with Gasteiger partial charge in [0.25, 0.3) is 0 Å². The van der Waals surface area contributed by atoms with Crippen LogP contribution in [-0.2, 0) is 0 Å². The highest BCUT2D eigenvalue weighted by atomic mass is 35.5. The van der Waals surface area contributed by atoms with Crippen molar-refractivity contribution in [2.75, 3.05) is 12.7 Å². The van der Waals surface area contributed by atoms with E-state index in [9.17, 15) is 0 Å². The molecule has 56 valence electrons. The van der Waals surface area contributed by atoms with Crippen LogP contribution in [0.1, 0.15) is 25.7 Å². The number of halogens is 1. The standard InChI is InChI=1S/C6H15ClNP/c7-8-5-3-1-2-4-6-9/h8H,1-6,9H2. The van der Waals surface area contributed by atoms with E-state index in [4.69, 9.17) is 11.8 Å². The van der Waals surface area contributed by atoms with Gasteiger partial charge in [-0.2, -0.15) is 0 Å². The van der Waals surface area contributed by atoms with Gasteiger partial charge >= 0.3 is 0 Å². The van der Waals surface area contributed by atoms with E-state index in [1.165, 1.54) is 31.8 Å². The lowest BCUT2D eigenvalue weighted by molar-refractivity contribution is 0.664. The van der Waals surface area contributed by atoms with Gasteiger partial charge in [0.2, 0.25) is 0 Å². The Hall–Kier alpha value is 0.680. The van der Waals surface area contributed by atoms with Crippen LogP contribution < -0.4 is 4.84 Å². The Morgan fingerprint density at radius 2 is 1.78 bits per heavy atom. The molecule has 0 spiro atoms. The lowest BCUT2D eigenvalue weighted by atomic mass is 10.2. The zero-order valence-corrected chi connectivity index (χ0v) is 7.61. The number of rotatable bonds is 6. The van der Waals surface area contributed by atoms with Crippen LogP contribution in [0.5, 0.6) is 0 Å². The molecular formula is C6H15ClNP. The second kappa shape index (κ2) is 8.68. The van der Waals surface area contributed by atoms with E-state index in [0.29, 0.717) is 0 Å². The summed E-state index contributed by atoms with van der Waals surface area (Å²) in [4.78, 5) is 2.61. The summed E-state index contributed by atoms with van der Waals surface area (Å²) in [5.41, 5.74) is 0. The molecule has 1 nitrogen and oxygen atoms in total. The van der Waals surface area contributed by atoms with Crippen molar-refractivity contribution in [1.29, 1.82) is 0 Å². The molecule has 0 aliphatic heterocycles. The van der Waals surface area contributed by atoms with Gasteiger partial charge in [-0.3, -0.25) is 0 Å². The Bertz CT molecular complexity index is 46.3. The average Bonchev–Trinajstić information content (AvgIpc) is 1.89. The van der Waals surface area contributed by atoms with Crippen LogP contribution >= 0.6 is 21.0 Å². The van der Waals surface area contributed by atoms with Crippen LogP contribution in [0.3, 0.4) is 0 Å². The molecule has 0 amide bonds. The van der Waals surface area contributed by atoms with Gasteiger partial charge in [0.05, 0.1) is 0 Å². The Morgan fingerprint density at radius 1 is 1.11 bits per heavy atom. The zero-order valence-electron chi connectivity index (χ0n) is 5.70. The third-order valence-electron chi connectivity index (χ3n) is 1.23. The minimum atomic E-state index is 0.943. The van der Waals surface area contributed by atoms with Crippen LogP contribution in [-0.4, -0.2) is 12.7 Å². The molecule has 0 aliphatic carbocycles. The molecule has 0 aliphatic rings. The van der Waals surface area contributed by atoms with Crippen molar-refractivity contribution in [2.24, 2.45) is 0 Å². The van der Waals surface area contributed by atoms with E-state index in [0.717, 1.165) is 6.54 Å². The molecular weight excluding hydrogens is 152 g/mol. The van der Waals surface area contributed by atoms with Gasteiger partial charge in [0.1, 0.15) is 0 Å².